The molecule has 12 heavy (non-hydrogen) atoms. The summed E-state index contributed by atoms with van der Waals surface area (Å²) in [5.74, 6) is -1.18. The summed E-state index contributed by atoms with van der Waals surface area (Å²) in [6.45, 7) is 3.50. The highest BCUT2D eigenvalue weighted by Crippen LogP contribution is 2.24. The largest absolute Gasteiger partial charge is 0.207 e. The van der Waals surface area contributed by atoms with Crippen molar-refractivity contribution >= 4 is 12.6 Å². The monoisotopic (exact) mass is 188 g/mol. The molecule has 0 spiro atoms. The molecule has 0 aromatic heterocycles. The first-order valence-electron chi connectivity index (χ1n) is 3.70. The van der Waals surface area contributed by atoms with Gasteiger partial charge in [0.05, 0.1) is 0 Å². The SMILES string of the molecule is CC(C)c1c(F)cc(S)cc1F. The molecule has 0 nitrogen and oxygen atoms in total. The highest BCUT2D eigenvalue weighted by atomic mass is 32.1. The van der Waals surface area contributed by atoms with E-state index in [4.69, 9.17) is 0 Å². The number of hydrogen-bond donors (Lipinski definition) is 1. The molecule has 1 aromatic carbocycles. The minimum atomic E-state index is -0.519. The summed E-state index contributed by atoms with van der Waals surface area (Å²) >= 11 is 3.86. The molecular formula is C9H10F2S. The van der Waals surface area contributed by atoms with Crippen molar-refractivity contribution in [3.8, 4) is 0 Å². The second kappa shape index (κ2) is 3.44. The predicted octanol–water partition coefficient (Wildman–Crippen LogP) is 3.38. The number of hydrogen-bond acceptors (Lipinski definition) is 1. The Labute approximate surface area is 76.0 Å². The van der Waals surface area contributed by atoms with E-state index in [1.54, 1.807) is 13.8 Å². The van der Waals surface area contributed by atoms with Crippen LogP contribution in [0.15, 0.2) is 17.0 Å². The maximum Gasteiger partial charge on any atom is 0.130 e. The summed E-state index contributed by atoms with van der Waals surface area (Å²) in [7, 11) is 0. The Balaban J connectivity index is 3.28. The van der Waals surface area contributed by atoms with Crippen molar-refractivity contribution in [1.29, 1.82) is 0 Å². The molecule has 0 saturated heterocycles. The van der Waals surface area contributed by atoms with Crippen molar-refractivity contribution in [2.24, 2.45) is 0 Å². The molecule has 0 bridgehead atoms. The molecule has 0 heterocycles. The van der Waals surface area contributed by atoms with Gasteiger partial charge in [-0.05, 0) is 18.1 Å². The molecule has 0 fully saturated rings. The van der Waals surface area contributed by atoms with Gasteiger partial charge in [-0.3, -0.25) is 0 Å². The summed E-state index contributed by atoms with van der Waals surface area (Å²) in [5, 5.41) is 0. The van der Waals surface area contributed by atoms with Gasteiger partial charge in [-0.2, -0.15) is 0 Å². The second-order valence-corrected chi connectivity index (χ2v) is 3.49. The van der Waals surface area contributed by atoms with Gasteiger partial charge in [0.1, 0.15) is 11.6 Å². The van der Waals surface area contributed by atoms with Crippen molar-refractivity contribution in [1.82, 2.24) is 0 Å². The van der Waals surface area contributed by atoms with Crippen LogP contribution in [0, 0.1) is 11.6 Å². The molecule has 0 atom stereocenters. The minimum absolute atomic E-state index is 0.132. The van der Waals surface area contributed by atoms with Gasteiger partial charge in [0.2, 0.25) is 0 Å². The van der Waals surface area contributed by atoms with E-state index in [1.807, 2.05) is 0 Å². The van der Waals surface area contributed by atoms with Crippen LogP contribution in [0.3, 0.4) is 0 Å². The molecule has 0 unspecified atom stereocenters. The molecule has 0 radical (unpaired) electrons. The van der Waals surface area contributed by atoms with Gasteiger partial charge in [0.15, 0.2) is 0 Å². The van der Waals surface area contributed by atoms with Gasteiger partial charge in [0.25, 0.3) is 0 Å². The second-order valence-electron chi connectivity index (χ2n) is 2.98. The lowest BCUT2D eigenvalue weighted by Gasteiger charge is -2.08. The lowest BCUT2D eigenvalue weighted by molar-refractivity contribution is 0.536. The highest BCUT2D eigenvalue weighted by molar-refractivity contribution is 7.80. The van der Waals surface area contributed by atoms with E-state index >= 15 is 0 Å². The molecule has 3 heteroatoms. The third-order valence-electron chi connectivity index (χ3n) is 1.64. The van der Waals surface area contributed by atoms with Gasteiger partial charge in [-0.1, -0.05) is 13.8 Å². The first kappa shape index (κ1) is 9.52. The van der Waals surface area contributed by atoms with Crippen LogP contribution in [0.1, 0.15) is 25.3 Å². The van der Waals surface area contributed by atoms with E-state index in [1.165, 1.54) is 12.1 Å². The normalized spacial score (nSPS) is 10.8. The number of thiol groups is 1. The summed E-state index contributed by atoms with van der Waals surface area (Å²) in [4.78, 5) is 0.314. The average molecular weight is 188 g/mol. The topological polar surface area (TPSA) is 0 Å². The number of halogens is 2. The molecule has 0 aliphatic rings. The van der Waals surface area contributed by atoms with E-state index < -0.39 is 11.6 Å². The van der Waals surface area contributed by atoms with Gasteiger partial charge < -0.3 is 0 Å². The van der Waals surface area contributed by atoms with Crippen molar-refractivity contribution < 1.29 is 8.78 Å². The minimum Gasteiger partial charge on any atom is -0.207 e. The predicted molar refractivity (Wildman–Crippen MR) is 47.7 cm³/mol. The van der Waals surface area contributed by atoms with Crippen LogP contribution >= 0.6 is 12.6 Å². The van der Waals surface area contributed by atoms with E-state index in [9.17, 15) is 8.78 Å². The zero-order chi connectivity index (χ0) is 9.30. The Bertz CT molecular complexity index is 272. The average Bonchev–Trinajstić information content (AvgIpc) is 1.82. The van der Waals surface area contributed by atoms with Crippen LogP contribution in [0.4, 0.5) is 8.78 Å². The molecule has 0 aliphatic carbocycles. The molecule has 0 amide bonds. The van der Waals surface area contributed by atoms with Gasteiger partial charge >= 0.3 is 0 Å². The first-order valence-corrected chi connectivity index (χ1v) is 4.15. The van der Waals surface area contributed by atoms with Gasteiger partial charge in [-0.25, -0.2) is 8.78 Å². The fraction of sp³-hybridized carbons (Fsp3) is 0.333. The van der Waals surface area contributed by atoms with E-state index in [0.717, 1.165) is 0 Å². The zero-order valence-electron chi connectivity index (χ0n) is 6.94. The lowest BCUT2D eigenvalue weighted by atomic mass is 10.0. The Kier molecular flexibility index (Phi) is 2.73. The van der Waals surface area contributed by atoms with Gasteiger partial charge in [-0.15, -0.1) is 12.6 Å². The summed E-state index contributed by atoms with van der Waals surface area (Å²) < 4.78 is 26.1. The van der Waals surface area contributed by atoms with Crippen LogP contribution in [0.5, 0.6) is 0 Å². The molecule has 1 rings (SSSR count). The lowest BCUT2D eigenvalue weighted by Crippen LogP contribution is -1.97. The molecule has 0 aliphatic heterocycles. The third-order valence-corrected chi connectivity index (χ3v) is 1.90. The Morgan fingerprint density at radius 1 is 1.17 bits per heavy atom. The van der Waals surface area contributed by atoms with E-state index in [-0.39, 0.29) is 11.5 Å². The Morgan fingerprint density at radius 3 is 1.92 bits per heavy atom. The molecule has 0 saturated carbocycles. The summed E-state index contributed by atoms with van der Waals surface area (Å²) in [6, 6.07) is 2.45. The van der Waals surface area contributed by atoms with Crippen LogP contribution in [-0.4, -0.2) is 0 Å². The number of benzene rings is 1. The van der Waals surface area contributed by atoms with Crippen LogP contribution in [0.2, 0.25) is 0 Å². The van der Waals surface area contributed by atoms with Crippen molar-refractivity contribution in [3.63, 3.8) is 0 Å². The van der Waals surface area contributed by atoms with Gasteiger partial charge in [0, 0.05) is 10.5 Å². The molecular weight excluding hydrogens is 178 g/mol. The standard InChI is InChI=1S/C9H10F2S/c1-5(2)9-7(10)3-6(12)4-8(9)11/h3-5,12H,1-2H3. The molecule has 1 aromatic rings. The molecule has 66 valence electrons. The van der Waals surface area contributed by atoms with Crippen LogP contribution in [0.25, 0.3) is 0 Å². The fourth-order valence-electron chi connectivity index (χ4n) is 1.12. The third kappa shape index (κ3) is 1.78. The summed E-state index contributed by atoms with van der Waals surface area (Å²) in [6.07, 6.45) is 0. The highest BCUT2D eigenvalue weighted by Gasteiger charge is 2.12. The van der Waals surface area contributed by atoms with Crippen molar-refractivity contribution in [3.05, 3.63) is 29.3 Å². The van der Waals surface area contributed by atoms with E-state index in [0.29, 0.717) is 4.90 Å². The maximum absolute atomic E-state index is 13.1. The van der Waals surface area contributed by atoms with Crippen LogP contribution < -0.4 is 0 Å². The summed E-state index contributed by atoms with van der Waals surface area (Å²) in [5.41, 5.74) is 0.132. The maximum atomic E-state index is 13.1. The smallest absolute Gasteiger partial charge is 0.130 e. The van der Waals surface area contributed by atoms with Crippen molar-refractivity contribution in [2.75, 3.05) is 0 Å². The fourth-order valence-corrected chi connectivity index (χ4v) is 1.35. The van der Waals surface area contributed by atoms with Crippen LogP contribution in [-0.2, 0) is 0 Å². The van der Waals surface area contributed by atoms with Crippen molar-refractivity contribution in [2.45, 2.75) is 24.7 Å². The quantitative estimate of drug-likeness (QED) is 0.642. The van der Waals surface area contributed by atoms with E-state index in [2.05, 4.69) is 12.6 Å². The number of rotatable bonds is 1. The first-order chi connectivity index (χ1) is 5.52. The Hall–Kier alpha value is -0.570. The molecule has 0 N–H and O–H groups in total. The zero-order valence-corrected chi connectivity index (χ0v) is 7.83. The Morgan fingerprint density at radius 2 is 1.58 bits per heavy atom.